The number of carbonyl (C=O) groups excluding carboxylic acids is 2. The molecule has 0 saturated carbocycles. The largest absolute Gasteiger partial charge is 0.316 e. The minimum absolute atomic E-state index is 0.230. The van der Waals surface area contributed by atoms with Crippen LogP contribution in [0.2, 0.25) is 5.02 Å². The normalized spacial score (nSPS) is 15.1. The zero-order valence-corrected chi connectivity index (χ0v) is 18.8. The van der Waals surface area contributed by atoms with Crippen LogP contribution in [0.5, 0.6) is 0 Å². The fraction of sp³-hybridized carbons (Fsp3) is 0.462. The summed E-state index contributed by atoms with van der Waals surface area (Å²) in [6.45, 7) is 2.70. The van der Waals surface area contributed by atoms with Gasteiger partial charge in [0.15, 0.2) is 5.78 Å². The number of rotatable bonds is 10. The first-order chi connectivity index (χ1) is 15.1. The first-order valence-corrected chi connectivity index (χ1v) is 11.9. The van der Waals surface area contributed by atoms with Crippen molar-refractivity contribution in [3.05, 3.63) is 63.7 Å². The molecule has 2 aromatic carbocycles. The van der Waals surface area contributed by atoms with Crippen LogP contribution in [0.15, 0.2) is 36.4 Å². The molecule has 0 aliphatic carbocycles. The first kappa shape index (κ1) is 22.0. The van der Waals surface area contributed by atoms with Crippen molar-refractivity contribution in [3.8, 4) is 0 Å². The summed E-state index contributed by atoms with van der Waals surface area (Å²) in [6.07, 6.45) is 7.84. The van der Waals surface area contributed by atoms with Gasteiger partial charge in [-0.25, -0.2) is 0 Å². The lowest BCUT2D eigenvalue weighted by Gasteiger charge is -2.35. The zero-order valence-electron chi connectivity index (χ0n) is 18.1. The Hall–Kier alpha value is -2.17. The molecule has 0 aromatic heterocycles. The van der Waals surface area contributed by atoms with E-state index in [2.05, 4.69) is 11.4 Å². The number of hydrogen-bond acceptors (Lipinski definition) is 3. The number of benzene rings is 2. The number of amides is 1. The fourth-order valence-electron chi connectivity index (χ4n) is 4.72. The standard InChI is InChI=1S/C26H31ClN2O2/c27-23-9-4-3-7-19(23)13-15-28-14-5-1-2-10-24(30)22-17-20-8-6-16-29-25(31)12-11-21(18-22)26(20)29/h3-4,7,9,17-18,28H,1-2,5-6,8,10-16H2. The lowest BCUT2D eigenvalue weighted by molar-refractivity contribution is -0.119. The maximum atomic E-state index is 12.8. The Morgan fingerprint density at radius 1 is 1.00 bits per heavy atom. The summed E-state index contributed by atoms with van der Waals surface area (Å²) in [5.41, 5.74) is 5.48. The van der Waals surface area contributed by atoms with E-state index in [-0.39, 0.29) is 11.7 Å². The molecule has 1 N–H and O–H groups in total. The Kier molecular flexibility index (Phi) is 7.41. The maximum absolute atomic E-state index is 12.8. The third-order valence-corrected chi connectivity index (χ3v) is 6.75. The Morgan fingerprint density at radius 3 is 2.65 bits per heavy atom. The first-order valence-electron chi connectivity index (χ1n) is 11.6. The number of Topliss-reactive ketones (excluding diaryl/α,β-unsaturated/α-hetero) is 1. The molecule has 0 spiro atoms. The predicted molar refractivity (Wildman–Crippen MR) is 126 cm³/mol. The Bertz CT molecular complexity index is 939. The van der Waals surface area contributed by atoms with E-state index < -0.39 is 0 Å². The molecule has 1 amide bonds. The second kappa shape index (κ2) is 10.4. The molecule has 2 heterocycles. The quantitative estimate of drug-likeness (QED) is 0.412. The Morgan fingerprint density at radius 2 is 1.81 bits per heavy atom. The predicted octanol–water partition coefficient (Wildman–Crippen LogP) is 5.14. The van der Waals surface area contributed by atoms with Gasteiger partial charge in [-0.1, -0.05) is 36.2 Å². The summed E-state index contributed by atoms with van der Waals surface area (Å²) < 4.78 is 0. The highest BCUT2D eigenvalue weighted by Gasteiger charge is 2.30. The number of hydrogen-bond donors (Lipinski definition) is 1. The van der Waals surface area contributed by atoms with Crippen molar-refractivity contribution >= 4 is 29.0 Å². The number of unbranched alkanes of at least 4 members (excludes halogenated alkanes) is 2. The molecule has 0 saturated heterocycles. The summed E-state index contributed by atoms with van der Waals surface area (Å²) in [5, 5.41) is 4.30. The van der Waals surface area contributed by atoms with Crippen LogP contribution in [-0.4, -0.2) is 31.3 Å². The van der Waals surface area contributed by atoms with Gasteiger partial charge in [-0.3, -0.25) is 9.59 Å². The molecule has 31 heavy (non-hydrogen) atoms. The van der Waals surface area contributed by atoms with Gasteiger partial charge in [0.05, 0.1) is 5.69 Å². The van der Waals surface area contributed by atoms with Crippen LogP contribution in [0.1, 0.15) is 65.6 Å². The molecule has 2 aliphatic rings. The molecule has 0 fully saturated rings. The SMILES string of the molecule is O=C(CCCCCNCCc1ccccc1Cl)c1cc2c3c(c1)CCC(=O)N3CCC2. The van der Waals surface area contributed by atoms with Crippen molar-refractivity contribution < 1.29 is 9.59 Å². The molecular formula is C26H31ClN2O2. The van der Waals surface area contributed by atoms with Gasteiger partial charge in [0.25, 0.3) is 0 Å². The number of aryl methyl sites for hydroxylation is 2. The third-order valence-electron chi connectivity index (χ3n) is 6.38. The van der Waals surface area contributed by atoms with Gasteiger partial charge < -0.3 is 10.2 Å². The molecule has 0 unspecified atom stereocenters. The van der Waals surface area contributed by atoms with Gasteiger partial charge >= 0.3 is 0 Å². The third kappa shape index (κ3) is 5.36. The van der Waals surface area contributed by atoms with Crippen LogP contribution in [0.3, 0.4) is 0 Å². The van der Waals surface area contributed by atoms with E-state index in [1.54, 1.807) is 0 Å². The van der Waals surface area contributed by atoms with E-state index in [0.717, 1.165) is 80.9 Å². The van der Waals surface area contributed by atoms with Crippen LogP contribution in [0.25, 0.3) is 0 Å². The summed E-state index contributed by atoms with van der Waals surface area (Å²) in [7, 11) is 0. The van der Waals surface area contributed by atoms with Crippen molar-refractivity contribution in [2.45, 2.75) is 57.8 Å². The highest BCUT2D eigenvalue weighted by atomic mass is 35.5. The number of anilines is 1. The summed E-state index contributed by atoms with van der Waals surface area (Å²) in [4.78, 5) is 26.9. The van der Waals surface area contributed by atoms with E-state index in [9.17, 15) is 9.59 Å². The van der Waals surface area contributed by atoms with Crippen LogP contribution < -0.4 is 10.2 Å². The lowest BCUT2D eigenvalue weighted by Crippen LogP contribution is -2.39. The van der Waals surface area contributed by atoms with E-state index in [0.29, 0.717) is 12.8 Å². The number of halogens is 1. The van der Waals surface area contributed by atoms with Gasteiger partial charge in [-0.15, -0.1) is 0 Å². The average molecular weight is 439 g/mol. The fourth-order valence-corrected chi connectivity index (χ4v) is 4.95. The summed E-state index contributed by atoms with van der Waals surface area (Å²) in [5.74, 6) is 0.466. The van der Waals surface area contributed by atoms with Gasteiger partial charge in [0.2, 0.25) is 5.91 Å². The van der Waals surface area contributed by atoms with E-state index >= 15 is 0 Å². The number of nitrogens with zero attached hydrogens (tertiary/aromatic N) is 1. The van der Waals surface area contributed by atoms with Gasteiger partial charge in [0, 0.05) is 30.0 Å². The monoisotopic (exact) mass is 438 g/mol. The minimum Gasteiger partial charge on any atom is -0.316 e. The van der Waals surface area contributed by atoms with Crippen LogP contribution in [-0.2, 0) is 24.1 Å². The van der Waals surface area contributed by atoms with Crippen molar-refractivity contribution in [3.63, 3.8) is 0 Å². The van der Waals surface area contributed by atoms with Crippen molar-refractivity contribution in [2.75, 3.05) is 24.5 Å². The van der Waals surface area contributed by atoms with Gasteiger partial charge in [0.1, 0.15) is 0 Å². The topological polar surface area (TPSA) is 49.4 Å². The van der Waals surface area contributed by atoms with E-state index in [4.69, 9.17) is 11.6 Å². The number of nitrogens with one attached hydrogen (secondary N) is 1. The van der Waals surface area contributed by atoms with Crippen LogP contribution in [0, 0.1) is 0 Å². The Balaban J connectivity index is 1.19. The molecule has 2 aromatic rings. The molecule has 4 nitrogen and oxygen atoms in total. The smallest absolute Gasteiger partial charge is 0.227 e. The summed E-state index contributed by atoms with van der Waals surface area (Å²) >= 11 is 6.18. The minimum atomic E-state index is 0.230. The molecular weight excluding hydrogens is 408 g/mol. The highest BCUT2D eigenvalue weighted by Crippen LogP contribution is 2.36. The number of ketones is 1. The van der Waals surface area contributed by atoms with Crippen LogP contribution >= 0.6 is 11.6 Å². The maximum Gasteiger partial charge on any atom is 0.227 e. The highest BCUT2D eigenvalue weighted by molar-refractivity contribution is 6.31. The second-order valence-corrected chi connectivity index (χ2v) is 9.02. The summed E-state index contributed by atoms with van der Waals surface area (Å²) in [6, 6.07) is 12.1. The van der Waals surface area contributed by atoms with Crippen molar-refractivity contribution in [2.24, 2.45) is 0 Å². The van der Waals surface area contributed by atoms with E-state index in [1.165, 1.54) is 16.7 Å². The molecule has 2 aliphatic heterocycles. The van der Waals surface area contributed by atoms with E-state index in [1.807, 2.05) is 35.2 Å². The van der Waals surface area contributed by atoms with Crippen molar-refractivity contribution in [1.82, 2.24) is 5.32 Å². The average Bonchev–Trinajstić information content (AvgIpc) is 2.78. The van der Waals surface area contributed by atoms with Crippen molar-refractivity contribution in [1.29, 1.82) is 0 Å². The van der Waals surface area contributed by atoms with Gasteiger partial charge in [-0.2, -0.15) is 0 Å². The Labute approximate surface area is 190 Å². The molecule has 0 radical (unpaired) electrons. The lowest BCUT2D eigenvalue weighted by atomic mass is 9.88. The molecule has 4 rings (SSSR count). The van der Waals surface area contributed by atoms with Crippen LogP contribution in [0.4, 0.5) is 5.69 Å². The molecule has 0 bridgehead atoms. The second-order valence-electron chi connectivity index (χ2n) is 8.62. The zero-order chi connectivity index (χ0) is 21.6. The molecule has 5 heteroatoms. The molecule has 0 atom stereocenters. The molecule has 164 valence electrons. The number of carbonyl (C=O) groups is 2. The van der Waals surface area contributed by atoms with Gasteiger partial charge in [-0.05, 0) is 86.5 Å².